The first-order chi connectivity index (χ1) is 17.1. The number of aromatic nitrogens is 1. The Labute approximate surface area is 211 Å². The summed E-state index contributed by atoms with van der Waals surface area (Å²) in [5.74, 6) is 7.48. The van der Waals surface area contributed by atoms with E-state index in [1.807, 2.05) is 79.9 Å². The molecule has 2 N–H and O–H groups in total. The van der Waals surface area contributed by atoms with Crippen molar-refractivity contribution in [1.82, 2.24) is 10.3 Å². The smallest absolute Gasteiger partial charge is 0.122 e. The Morgan fingerprint density at radius 3 is 2.40 bits per heavy atom. The zero-order valence-electron chi connectivity index (χ0n) is 19.6. The number of nitrogens with one attached hydrogen (secondary N) is 1. The van der Waals surface area contributed by atoms with E-state index in [0.29, 0.717) is 6.61 Å². The lowest BCUT2D eigenvalue weighted by Crippen LogP contribution is -2.17. The van der Waals surface area contributed by atoms with Gasteiger partial charge in [0, 0.05) is 28.9 Å². The van der Waals surface area contributed by atoms with E-state index in [0.717, 1.165) is 63.8 Å². The van der Waals surface area contributed by atoms with Crippen molar-refractivity contribution >= 4 is 11.6 Å². The Morgan fingerprint density at radius 1 is 0.914 bits per heavy atom. The van der Waals surface area contributed by atoms with Crippen molar-refractivity contribution < 1.29 is 9.84 Å². The summed E-state index contributed by atoms with van der Waals surface area (Å²) in [5, 5.41) is 13.4. The molecule has 1 aromatic heterocycles. The van der Waals surface area contributed by atoms with Gasteiger partial charge in [-0.1, -0.05) is 47.9 Å². The Kier molecular flexibility index (Phi) is 8.40. The molecule has 1 heterocycles. The van der Waals surface area contributed by atoms with Crippen molar-refractivity contribution in [3.05, 3.63) is 112 Å². The van der Waals surface area contributed by atoms with Crippen LogP contribution in [0.4, 0.5) is 0 Å². The molecule has 0 bridgehead atoms. The summed E-state index contributed by atoms with van der Waals surface area (Å²) in [6.45, 7) is 4.29. The number of ether oxygens (including phenoxy) is 1. The predicted molar refractivity (Wildman–Crippen MR) is 142 cm³/mol. The number of phenols is 1. The van der Waals surface area contributed by atoms with Gasteiger partial charge in [0.2, 0.25) is 0 Å². The molecule has 4 nitrogen and oxygen atoms in total. The average Bonchev–Trinajstić information content (AvgIpc) is 2.88. The van der Waals surface area contributed by atoms with Gasteiger partial charge in [-0.15, -0.1) is 0 Å². The molecule has 0 fully saturated rings. The maximum Gasteiger partial charge on any atom is 0.122 e. The van der Waals surface area contributed by atoms with Gasteiger partial charge >= 0.3 is 0 Å². The topological polar surface area (TPSA) is 54.4 Å². The van der Waals surface area contributed by atoms with Crippen molar-refractivity contribution in [1.29, 1.82) is 0 Å². The second kappa shape index (κ2) is 12.1. The minimum Gasteiger partial charge on any atom is -0.508 e. The third-order valence-corrected chi connectivity index (χ3v) is 5.72. The lowest BCUT2D eigenvalue weighted by molar-refractivity contribution is 0.306. The second-order valence-corrected chi connectivity index (χ2v) is 8.65. The fourth-order valence-corrected chi connectivity index (χ4v) is 3.66. The minimum absolute atomic E-state index is 0.287. The lowest BCUT2D eigenvalue weighted by atomic mass is 10.1. The lowest BCUT2D eigenvalue weighted by Gasteiger charge is -2.10. The maximum atomic E-state index is 9.33. The van der Waals surface area contributed by atoms with Crippen LogP contribution in [0.5, 0.6) is 11.5 Å². The van der Waals surface area contributed by atoms with E-state index in [1.165, 1.54) is 0 Å². The summed E-state index contributed by atoms with van der Waals surface area (Å²) in [5.41, 5.74) is 5.94. The Balaban J connectivity index is 1.24. The molecule has 35 heavy (non-hydrogen) atoms. The van der Waals surface area contributed by atoms with Gasteiger partial charge in [0.1, 0.15) is 17.2 Å². The van der Waals surface area contributed by atoms with Crippen LogP contribution in [0.1, 0.15) is 28.8 Å². The largest absolute Gasteiger partial charge is 0.508 e. The third-order valence-electron chi connectivity index (χ3n) is 5.47. The van der Waals surface area contributed by atoms with Crippen LogP contribution in [0.25, 0.3) is 11.1 Å². The minimum atomic E-state index is 0.287. The number of pyridine rings is 1. The Bertz CT molecular complexity index is 1310. The number of hydrogen-bond acceptors (Lipinski definition) is 4. The molecule has 4 aromatic rings. The van der Waals surface area contributed by atoms with Gasteiger partial charge in [0.25, 0.3) is 0 Å². The molecule has 4 rings (SSSR count). The molecule has 0 aliphatic rings. The molecular weight excluding hydrogens is 456 g/mol. The van der Waals surface area contributed by atoms with E-state index in [-0.39, 0.29) is 5.75 Å². The van der Waals surface area contributed by atoms with E-state index >= 15 is 0 Å². The fraction of sp³-hybridized carbons (Fsp3) is 0.167. The molecular formula is C30H27ClN2O2. The standard InChI is InChI=1S/C30H27ClN2O2/c1-22-19-23(3-12-28-13-9-26(21-33-28)25-7-10-27(31)11-8-25)6-16-30(22)35-18-2-17-32-20-24-4-14-29(34)15-5-24/h4-11,13-16,19,21,32,34H,2,17-18,20H2,1H3. The van der Waals surface area contributed by atoms with E-state index in [1.54, 1.807) is 12.1 Å². The second-order valence-electron chi connectivity index (χ2n) is 8.21. The number of aromatic hydroxyl groups is 1. The molecule has 0 radical (unpaired) electrons. The monoisotopic (exact) mass is 482 g/mol. The van der Waals surface area contributed by atoms with Gasteiger partial charge in [0.15, 0.2) is 0 Å². The Hall–Kier alpha value is -3.78. The first-order valence-electron chi connectivity index (χ1n) is 11.5. The fourth-order valence-electron chi connectivity index (χ4n) is 3.53. The van der Waals surface area contributed by atoms with Crippen LogP contribution < -0.4 is 10.1 Å². The van der Waals surface area contributed by atoms with Crippen LogP contribution in [0.2, 0.25) is 5.02 Å². The highest BCUT2D eigenvalue weighted by Crippen LogP contribution is 2.21. The molecule has 176 valence electrons. The number of halogens is 1. The molecule has 0 amide bonds. The average molecular weight is 483 g/mol. The number of rotatable bonds is 8. The summed E-state index contributed by atoms with van der Waals surface area (Å²) in [6, 6.07) is 24.9. The number of hydrogen-bond donors (Lipinski definition) is 2. The highest BCUT2D eigenvalue weighted by molar-refractivity contribution is 6.30. The summed E-state index contributed by atoms with van der Waals surface area (Å²) < 4.78 is 5.94. The zero-order chi connectivity index (χ0) is 24.5. The molecule has 0 atom stereocenters. The molecule has 0 aliphatic carbocycles. The third kappa shape index (κ3) is 7.35. The number of aryl methyl sites for hydroxylation is 1. The van der Waals surface area contributed by atoms with Crippen LogP contribution in [0.3, 0.4) is 0 Å². The number of nitrogens with zero attached hydrogens (tertiary/aromatic N) is 1. The van der Waals surface area contributed by atoms with Gasteiger partial charge in [-0.05, 0) is 91.0 Å². The van der Waals surface area contributed by atoms with Gasteiger partial charge < -0.3 is 15.2 Å². The van der Waals surface area contributed by atoms with Gasteiger partial charge in [-0.25, -0.2) is 4.98 Å². The molecule has 0 saturated heterocycles. The molecule has 0 unspecified atom stereocenters. The highest BCUT2D eigenvalue weighted by atomic mass is 35.5. The van der Waals surface area contributed by atoms with E-state index in [2.05, 4.69) is 22.1 Å². The van der Waals surface area contributed by atoms with Crippen LogP contribution in [0, 0.1) is 18.8 Å². The molecule has 0 spiro atoms. The van der Waals surface area contributed by atoms with Crippen molar-refractivity contribution in [2.75, 3.05) is 13.2 Å². The molecule has 3 aromatic carbocycles. The van der Waals surface area contributed by atoms with Crippen LogP contribution >= 0.6 is 11.6 Å². The van der Waals surface area contributed by atoms with Crippen molar-refractivity contribution in [3.63, 3.8) is 0 Å². The normalized spacial score (nSPS) is 10.5. The van der Waals surface area contributed by atoms with Gasteiger partial charge in [-0.3, -0.25) is 0 Å². The quantitative estimate of drug-likeness (QED) is 0.226. The SMILES string of the molecule is Cc1cc(C#Cc2ccc(-c3ccc(Cl)cc3)cn2)ccc1OCCCNCc1ccc(O)cc1. The van der Waals surface area contributed by atoms with Gasteiger partial charge in [0.05, 0.1) is 6.61 Å². The van der Waals surface area contributed by atoms with Crippen molar-refractivity contribution in [2.45, 2.75) is 19.9 Å². The predicted octanol–water partition coefficient (Wildman–Crippen LogP) is 6.37. The zero-order valence-corrected chi connectivity index (χ0v) is 20.3. The van der Waals surface area contributed by atoms with Crippen LogP contribution in [-0.4, -0.2) is 23.2 Å². The van der Waals surface area contributed by atoms with Crippen molar-refractivity contribution in [2.24, 2.45) is 0 Å². The summed E-state index contributed by atoms with van der Waals surface area (Å²) in [6.07, 6.45) is 2.73. The molecule has 0 saturated carbocycles. The van der Waals surface area contributed by atoms with Crippen molar-refractivity contribution in [3.8, 4) is 34.5 Å². The number of benzene rings is 3. The Morgan fingerprint density at radius 2 is 1.69 bits per heavy atom. The van der Waals surface area contributed by atoms with Crippen LogP contribution in [0.15, 0.2) is 85.1 Å². The highest BCUT2D eigenvalue weighted by Gasteiger charge is 2.02. The first kappa shape index (κ1) is 24.3. The van der Waals surface area contributed by atoms with E-state index < -0.39 is 0 Å². The van der Waals surface area contributed by atoms with Crippen LogP contribution in [-0.2, 0) is 6.54 Å². The van der Waals surface area contributed by atoms with E-state index in [9.17, 15) is 5.11 Å². The summed E-state index contributed by atoms with van der Waals surface area (Å²) in [4.78, 5) is 4.47. The van der Waals surface area contributed by atoms with E-state index in [4.69, 9.17) is 16.3 Å². The van der Waals surface area contributed by atoms with Gasteiger partial charge in [-0.2, -0.15) is 0 Å². The molecule has 5 heteroatoms. The molecule has 0 aliphatic heterocycles. The summed E-state index contributed by atoms with van der Waals surface area (Å²) >= 11 is 5.96. The first-order valence-corrected chi connectivity index (χ1v) is 11.9. The number of phenolic OH excluding ortho intramolecular Hbond substituents is 1. The maximum absolute atomic E-state index is 9.33. The summed E-state index contributed by atoms with van der Waals surface area (Å²) in [7, 11) is 0.